The van der Waals surface area contributed by atoms with Crippen LogP contribution < -0.4 is 5.32 Å². The lowest BCUT2D eigenvalue weighted by Gasteiger charge is -2.26. The van der Waals surface area contributed by atoms with Gasteiger partial charge in [-0.15, -0.1) is 11.3 Å². The van der Waals surface area contributed by atoms with Crippen molar-refractivity contribution >= 4 is 17.0 Å². The second-order valence-corrected chi connectivity index (χ2v) is 5.87. The van der Waals surface area contributed by atoms with Crippen LogP contribution in [0.25, 0.3) is 11.3 Å². The molecule has 1 aliphatic heterocycles. The molecule has 1 aromatic carbocycles. The fourth-order valence-electron chi connectivity index (χ4n) is 2.42. The van der Waals surface area contributed by atoms with Crippen molar-refractivity contribution in [3.05, 3.63) is 44.8 Å². The van der Waals surface area contributed by atoms with Gasteiger partial charge in [0.05, 0.1) is 22.7 Å². The number of aromatic nitrogens is 1. The number of nitro groups is 1. The van der Waals surface area contributed by atoms with Gasteiger partial charge in [0, 0.05) is 37.6 Å². The molecule has 6 nitrogen and oxygen atoms in total. The Bertz CT molecular complexity index is 637. The van der Waals surface area contributed by atoms with E-state index in [0.29, 0.717) is 11.3 Å². The van der Waals surface area contributed by atoms with Crippen LogP contribution >= 0.6 is 11.3 Å². The van der Waals surface area contributed by atoms with Crippen LogP contribution in [-0.4, -0.2) is 41.0 Å². The molecule has 0 aliphatic carbocycles. The maximum atomic E-state index is 11.1. The first-order valence-electron chi connectivity index (χ1n) is 6.85. The molecular weight excluding hydrogens is 288 g/mol. The molecule has 0 unspecified atom stereocenters. The molecule has 1 fully saturated rings. The van der Waals surface area contributed by atoms with Gasteiger partial charge in [-0.2, -0.15) is 0 Å². The van der Waals surface area contributed by atoms with Crippen LogP contribution in [0.4, 0.5) is 5.69 Å². The number of para-hydroxylation sites is 1. The Labute approximate surface area is 126 Å². The predicted octanol–water partition coefficient (Wildman–Crippen LogP) is 2.12. The molecule has 0 spiro atoms. The van der Waals surface area contributed by atoms with Gasteiger partial charge in [0.1, 0.15) is 5.01 Å². The van der Waals surface area contributed by atoms with Gasteiger partial charge >= 0.3 is 0 Å². The number of nitro benzene ring substituents is 1. The molecule has 7 heteroatoms. The van der Waals surface area contributed by atoms with Crippen molar-refractivity contribution < 1.29 is 4.92 Å². The Morgan fingerprint density at radius 1 is 1.33 bits per heavy atom. The summed E-state index contributed by atoms with van der Waals surface area (Å²) in [6.07, 6.45) is 0. The summed E-state index contributed by atoms with van der Waals surface area (Å²) < 4.78 is 0. The van der Waals surface area contributed by atoms with Gasteiger partial charge in [0.2, 0.25) is 0 Å². The summed E-state index contributed by atoms with van der Waals surface area (Å²) in [5.74, 6) is 0. The molecule has 1 N–H and O–H groups in total. The maximum Gasteiger partial charge on any atom is 0.278 e. The summed E-state index contributed by atoms with van der Waals surface area (Å²) in [6.45, 7) is 4.85. The molecule has 0 amide bonds. The highest BCUT2D eigenvalue weighted by atomic mass is 32.1. The second kappa shape index (κ2) is 6.30. The van der Waals surface area contributed by atoms with Crippen LogP contribution in [0, 0.1) is 10.1 Å². The van der Waals surface area contributed by atoms with Crippen LogP contribution in [-0.2, 0) is 6.54 Å². The monoisotopic (exact) mass is 304 g/mol. The standard InChI is InChI=1S/C14H16N4O2S/c19-18(20)13-4-2-1-3-11(13)12-10-21-14(16-12)9-17-7-5-15-6-8-17/h1-4,10,15H,5-9H2. The number of rotatable bonds is 4. The Morgan fingerprint density at radius 2 is 2.10 bits per heavy atom. The topological polar surface area (TPSA) is 71.3 Å². The molecule has 2 aromatic rings. The first kappa shape index (κ1) is 14.1. The van der Waals surface area contributed by atoms with Crippen LogP contribution in [0.1, 0.15) is 5.01 Å². The summed E-state index contributed by atoms with van der Waals surface area (Å²) in [5, 5.41) is 17.3. The molecule has 1 aliphatic rings. The summed E-state index contributed by atoms with van der Waals surface area (Å²) in [6, 6.07) is 6.75. The van der Waals surface area contributed by atoms with E-state index in [1.807, 2.05) is 5.38 Å². The fourth-order valence-corrected chi connectivity index (χ4v) is 3.25. The summed E-state index contributed by atoms with van der Waals surface area (Å²) in [7, 11) is 0. The molecule has 0 saturated carbocycles. The molecule has 0 radical (unpaired) electrons. The zero-order valence-electron chi connectivity index (χ0n) is 11.5. The van der Waals surface area contributed by atoms with Gasteiger partial charge in [-0.1, -0.05) is 12.1 Å². The van der Waals surface area contributed by atoms with Crippen molar-refractivity contribution in [3.8, 4) is 11.3 Å². The Balaban J connectivity index is 1.80. The third kappa shape index (κ3) is 3.26. The SMILES string of the molecule is O=[N+]([O-])c1ccccc1-c1csc(CN2CCNCC2)n1. The first-order valence-corrected chi connectivity index (χ1v) is 7.73. The third-order valence-corrected chi connectivity index (χ3v) is 4.33. The average Bonchev–Trinajstić information content (AvgIpc) is 2.96. The van der Waals surface area contributed by atoms with E-state index < -0.39 is 0 Å². The third-order valence-electron chi connectivity index (χ3n) is 3.50. The summed E-state index contributed by atoms with van der Waals surface area (Å²) in [5.41, 5.74) is 1.39. The molecule has 110 valence electrons. The van der Waals surface area contributed by atoms with Crippen LogP contribution in [0.3, 0.4) is 0 Å². The number of benzene rings is 1. The van der Waals surface area contributed by atoms with Gasteiger partial charge in [-0.3, -0.25) is 15.0 Å². The number of piperazine rings is 1. The van der Waals surface area contributed by atoms with Gasteiger partial charge in [0.15, 0.2) is 0 Å². The van der Waals surface area contributed by atoms with Gasteiger partial charge < -0.3 is 5.32 Å². The number of nitrogens with zero attached hydrogens (tertiary/aromatic N) is 3. The van der Waals surface area contributed by atoms with Crippen molar-refractivity contribution in [1.29, 1.82) is 0 Å². The molecule has 1 aromatic heterocycles. The van der Waals surface area contributed by atoms with Gasteiger partial charge in [-0.25, -0.2) is 4.98 Å². The minimum atomic E-state index is -0.356. The highest BCUT2D eigenvalue weighted by Gasteiger charge is 2.18. The van der Waals surface area contributed by atoms with E-state index in [0.717, 1.165) is 37.7 Å². The van der Waals surface area contributed by atoms with Crippen LogP contribution in [0.5, 0.6) is 0 Å². The average molecular weight is 304 g/mol. The quantitative estimate of drug-likeness (QED) is 0.692. The molecule has 1 saturated heterocycles. The number of hydrogen-bond acceptors (Lipinski definition) is 6. The van der Waals surface area contributed by atoms with Gasteiger partial charge in [-0.05, 0) is 6.07 Å². The largest absolute Gasteiger partial charge is 0.314 e. The Kier molecular flexibility index (Phi) is 4.23. The maximum absolute atomic E-state index is 11.1. The van der Waals surface area contributed by atoms with Crippen molar-refractivity contribution in [3.63, 3.8) is 0 Å². The van der Waals surface area contributed by atoms with E-state index in [1.165, 1.54) is 6.07 Å². The van der Waals surface area contributed by atoms with E-state index in [4.69, 9.17) is 0 Å². The lowest BCUT2D eigenvalue weighted by atomic mass is 10.1. The summed E-state index contributed by atoms with van der Waals surface area (Å²) in [4.78, 5) is 17.6. The predicted molar refractivity (Wildman–Crippen MR) is 82.4 cm³/mol. The van der Waals surface area contributed by atoms with E-state index in [-0.39, 0.29) is 10.6 Å². The second-order valence-electron chi connectivity index (χ2n) is 4.93. The molecule has 0 bridgehead atoms. The van der Waals surface area contributed by atoms with Crippen LogP contribution in [0.2, 0.25) is 0 Å². The number of nitrogens with one attached hydrogen (secondary N) is 1. The molecule has 2 heterocycles. The summed E-state index contributed by atoms with van der Waals surface area (Å²) >= 11 is 1.56. The van der Waals surface area contributed by atoms with E-state index in [9.17, 15) is 10.1 Å². The molecule has 0 atom stereocenters. The highest BCUT2D eigenvalue weighted by Crippen LogP contribution is 2.30. The minimum absolute atomic E-state index is 0.108. The van der Waals surface area contributed by atoms with Crippen molar-refractivity contribution in [2.24, 2.45) is 0 Å². The zero-order chi connectivity index (χ0) is 14.7. The molecular formula is C14H16N4O2S. The zero-order valence-corrected chi connectivity index (χ0v) is 12.3. The number of hydrogen-bond donors (Lipinski definition) is 1. The van der Waals surface area contributed by atoms with Crippen LogP contribution in [0.15, 0.2) is 29.6 Å². The van der Waals surface area contributed by atoms with E-state index in [1.54, 1.807) is 29.5 Å². The Hall–Kier alpha value is -1.83. The lowest BCUT2D eigenvalue weighted by Crippen LogP contribution is -2.42. The minimum Gasteiger partial charge on any atom is -0.314 e. The van der Waals surface area contributed by atoms with Crippen molar-refractivity contribution in [1.82, 2.24) is 15.2 Å². The highest BCUT2D eigenvalue weighted by molar-refractivity contribution is 7.09. The first-order chi connectivity index (χ1) is 10.2. The Morgan fingerprint density at radius 3 is 2.86 bits per heavy atom. The van der Waals surface area contributed by atoms with E-state index in [2.05, 4.69) is 15.2 Å². The lowest BCUT2D eigenvalue weighted by molar-refractivity contribution is -0.384. The number of thiazole rings is 1. The van der Waals surface area contributed by atoms with E-state index >= 15 is 0 Å². The van der Waals surface area contributed by atoms with Gasteiger partial charge in [0.25, 0.3) is 5.69 Å². The molecule has 3 rings (SSSR count). The van der Waals surface area contributed by atoms with Crippen molar-refractivity contribution in [2.45, 2.75) is 6.54 Å². The normalized spacial score (nSPS) is 16.0. The molecule has 21 heavy (non-hydrogen) atoms. The smallest absolute Gasteiger partial charge is 0.278 e. The van der Waals surface area contributed by atoms with Crippen molar-refractivity contribution in [2.75, 3.05) is 26.2 Å². The fraction of sp³-hybridized carbons (Fsp3) is 0.357.